The smallest absolute Gasteiger partial charge is 0.418 e. The van der Waals surface area contributed by atoms with Crippen molar-refractivity contribution >= 4 is 47.0 Å². The van der Waals surface area contributed by atoms with Crippen LogP contribution in [0.25, 0.3) is 0 Å². The van der Waals surface area contributed by atoms with Gasteiger partial charge in [-0.15, -0.1) is 0 Å². The third-order valence-corrected chi connectivity index (χ3v) is 12.4. The second-order valence-electron chi connectivity index (χ2n) is 15.7. The van der Waals surface area contributed by atoms with E-state index in [0.717, 1.165) is 23.9 Å². The van der Waals surface area contributed by atoms with E-state index in [-0.39, 0.29) is 73.3 Å². The molecule has 3 fully saturated rings. The summed E-state index contributed by atoms with van der Waals surface area (Å²) >= 11 is 6.14. The van der Waals surface area contributed by atoms with Crippen LogP contribution in [-0.4, -0.2) is 150 Å². The molecule has 0 aliphatic carbocycles. The van der Waals surface area contributed by atoms with Crippen LogP contribution in [0.15, 0.2) is 36.4 Å². The first-order valence-corrected chi connectivity index (χ1v) is 20.9. The molecular formula is C41H55ClF3N7O7. The Hall–Kier alpha value is -4.32. The second-order valence-corrected chi connectivity index (χ2v) is 16.1. The molecule has 0 aromatic heterocycles. The predicted octanol–water partition coefficient (Wildman–Crippen LogP) is 4.71. The Morgan fingerprint density at radius 3 is 2.37 bits per heavy atom. The summed E-state index contributed by atoms with van der Waals surface area (Å²) in [6, 6.07) is 9.50. The maximum atomic E-state index is 14.2. The van der Waals surface area contributed by atoms with E-state index in [1.165, 1.54) is 11.0 Å². The number of nitrogens with one attached hydrogen (secondary N) is 1. The van der Waals surface area contributed by atoms with E-state index in [9.17, 15) is 37.5 Å². The summed E-state index contributed by atoms with van der Waals surface area (Å²) in [5.74, 6) is -1.04. The van der Waals surface area contributed by atoms with Crippen LogP contribution in [0.4, 0.5) is 34.1 Å². The Morgan fingerprint density at radius 2 is 1.68 bits per heavy atom. The average molecular weight is 850 g/mol. The number of benzene rings is 2. The number of carbonyl (C=O) groups excluding carboxylic acids is 4. The van der Waals surface area contributed by atoms with Crippen molar-refractivity contribution in [2.75, 3.05) is 89.7 Å². The quantitative estimate of drug-likeness (QED) is 0.190. The number of esters is 1. The number of alkyl halides is 3. The number of fused-ring (bicyclic) bond motifs is 1. The molecule has 2 aromatic rings. The standard InChI is InChI=1S/C41H55ClF3N7O7/c1-2-48(19-21-53)20-22-58-38(55)29-7-13-51(26-29)30-9-14-49(15-10-30)37(54)35(25-27-23-32(41(43,44)45)36(46)33(42)24-27)59-40(57)50-16-11-31(12-17-50)52-18-8-28-5-3-4-6-34(28)47-39(52)56/h3-6,23-24,29-31,35,53H,2,7-22,25-26,46H2,1H3,(H,47,56)/t29-,35-/m1/s1. The summed E-state index contributed by atoms with van der Waals surface area (Å²) in [5, 5.41) is 11.8. The fourth-order valence-corrected chi connectivity index (χ4v) is 8.89. The van der Waals surface area contributed by atoms with Crippen LogP contribution in [0.1, 0.15) is 55.7 Å². The number of nitrogens with zero attached hydrogens (tertiary/aromatic N) is 5. The van der Waals surface area contributed by atoms with Gasteiger partial charge in [-0.2, -0.15) is 13.2 Å². The van der Waals surface area contributed by atoms with E-state index in [1.54, 1.807) is 9.80 Å². The van der Waals surface area contributed by atoms with Gasteiger partial charge in [0, 0.05) is 76.5 Å². The lowest BCUT2D eigenvalue weighted by Crippen LogP contribution is -2.52. The SMILES string of the molecule is CCN(CCO)CCOC(=O)[C@@H]1CCN(C2CCN(C(=O)[C@@H](Cc3cc(Cl)c(N)c(C(F)(F)F)c3)OC(=O)N3CCC(N4CCc5ccccc5NC4=O)CC3)CC2)C1. The fraction of sp³-hybridized carbons (Fsp3) is 0.610. The predicted molar refractivity (Wildman–Crippen MR) is 215 cm³/mol. The number of piperidine rings is 2. The molecule has 0 radical (unpaired) electrons. The molecule has 4 aliphatic rings. The van der Waals surface area contributed by atoms with Crippen molar-refractivity contribution in [1.82, 2.24) is 24.5 Å². The van der Waals surface area contributed by atoms with Crippen molar-refractivity contribution in [3.05, 3.63) is 58.1 Å². The van der Waals surface area contributed by atoms with E-state index >= 15 is 0 Å². The molecule has 0 spiro atoms. The molecule has 4 heterocycles. The number of amides is 4. The lowest BCUT2D eigenvalue weighted by Gasteiger charge is -2.39. The Balaban J connectivity index is 1.06. The Kier molecular flexibility index (Phi) is 14.9. The number of aliphatic hydroxyl groups excluding tert-OH is 1. The Morgan fingerprint density at radius 1 is 0.983 bits per heavy atom. The maximum absolute atomic E-state index is 14.2. The zero-order valence-corrected chi connectivity index (χ0v) is 34.2. The first kappa shape index (κ1) is 44.2. The Labute approximate surface area is 347 Å². The number of para-hydroxylation sites is 1. The van der Waals surface area contributed by atoms with Crippen LogP contribution in [-0.2, 0) is 38.1 Å². The number of hydrogen-bond acceptors (Lipinski definition) is 10. The van der Waals surface area contributed by atoms with E-state index in [4.69, 9.17) is 26.8 Å². The van der Waals surface area contributed by atoms with E-state index in [0.29, 0.717) is 84.3 Å². The van der Waals surface area contributed by atoms with Gasteiger partial charge in [0.15, 0.2) is 6.10 Å². The highest BCUT2D eigenvalue weighted by atomic mass is 35.5. The van der Waals surface area contributed by atoms with Gasteiger partial charge in [0.1, 0.15) is 6.61 Å². The van der Waals surface area contributed by atoms with Crippen molar-refractivity contribution in [2.24, 2.45) is 5.92 Å². The fourth-order valence-electron chi connectivity index (χ4n) is 8.64. The van der Waals surface area contributed by atoms with Gasteiger partial charge in [0.2, 0.25) is 0 Å². The number of urea groups is 1. The van der Waals surface area contributed by atoms with Crippen molar-refractivity contribution in [1.29, 1.82) is 0 Å². The first-order chi connectivity index (χ1) is 28.2. The van der Waals surface area contributed by atoms with Crippen molar-refractivity contribution < 1.29 is 46.9 Å². The number of likely N-dealkylation sites (tertiary alicyclic amines) is 3. The minimum absolute atomic E-state index is 0.0356. The number of nitrogens with two attached hydrogens (primary N) is 1. The van der Waals surface area contributed by atoms with Crippen LogP contribution in [0.3, 0.4) is 0 Å². The third kappa shape index (κ3) is 11.1. The molecule has 4 amide bonds. The molecule has 2 aromatic carbocycles. The van der Waals surface area contributed by atoms with Crippen LogP contribution in [0.2, 0.25) is 5.02 Å². The molecular weight excluding hydrogens is 795 g/mol. The van der Waals surface area contributed by atoms with E-state index in [1.807, 2.05) is 36.1 Å². The maximum Gasteiger partial charge on any atom is 0.418 e. The molecule has 14 nitrogen and oxygen atoms in total. The molecule has 0 bridgehead atoms. The molecule has 324 valence electrons. The molecule has 0 unspecified atom stereocenters. The topological polar surface area (TPSA) is 161 Å². The summed E-state index contributed by atoms with van der Waals surface area (Å²) < 4.78 is 53.2. The monoisotopic (exact) mass is 849 g/mol. The number of carbonyl (C=O) groups is 4. The number of likely N-dealkylation sites (N-methyl/N-ethyl adjacent to an activating group) is 1. The van der Waals surface area contributed by atoms with Crippen LogP contribution < -0.4 is 11.1 Å². The van der Waals surface area contributed by atoms with Gasteiger partial charge >= 0.3 is 24.3 Å². The van der Waals surface area contributed by atoms with Crippen molar-refractivity contribution in [3.63, 3.8) is 0 Å². The van der Waals surface area contributed by atoms with Crippen molar-refractivity contribution in [3.8, 4) is 0 Å². The van der Waals surface area contributed by atoms with Gasteiger partial charge in [0.25, 0.3) is 5.91 Å². The van der Waals surface area contributed by atoms with Crippen molar-refractivity contribution in [2.45, 2.75) is 76.2 Å². The number of rotatable bonds is 13. The molecule has 4 aliphatic heterocycles. The summed E-state index contributed by atoms with van der Waals surface area (Å²) in [4.78, 5) is 62.9. The molecule has 18 heteroatoms. The molecule has 6 rings (SSSR count). The summed E-state index contributed by atoms with van der Waals surface area (Å²) in [7, 11) is 0. The average Bonchev–Trinajstić information content (AvgIpc) is 3.66. The number of nitrogen functional groups attached to an aromatic ring is 1. The second kappa shape index (κ2) is 19.8. The molecule has 0 saturated carbocycles. The molecule has 4 N–H and O–H groups in total. The van der Waals surface area contributed by atoms with Crippen LogP contribution in [0, 0.1) is 5.92 Å². The third-order valence-electron chi connectivity index (χ3n) is 12.1. The lowest BCUT2D eigenvalue weighted by atomic mass is 10.00. The van der Waals surface area contributed by atoms with Gasteiger partial charge in [-0.05, 0) is 80.9 Å². The summed E-state index contributed by atoms with van der Waals surface area (Å²) in [5.41, 5.74) is 5.76. The zero-order chi connectivity index (χ0) is 42.3. The number of ether oxygens (including phenoxy) is 2. The Bertz CT molecular complexity index is 1810. The number of halogens is 4. The number of anilines is 2. The molecule has 2 atom stereocenters. The highest BCUT2D eigenvalue weighted by Crippen LogP contribution is 2.38. The molecule has 3 saturated heterocycles. The number of hydrogen-bond donors (Lipinski definition) is 3. The minimum Gasteiger partial charge on any atom is -0.464 e. The molecule has 59 heavy (non-hydrogen) atoms. The van der Waals surface area contributed by atoms with Crippen LogP contribution in [0.5, 0.6) is 0 Å². The van der Waals surface area contributed by atoms with Gasteiger partial charge < -0.3 is 40.3 Å². The van der Waals surface area contributed by atoms with E-state index in [2.05, 4.69) is 10.2 Å². The van der Waals surface area contributed by atoms with Gasteiger partial charge in [-0.25, -0.2) is 9.59 Å². The van der Waals surface area contributed by atoms with Gasteiger partial charge in [-0.3, -0.25) is 19.4 Å². The summed E-state index contributed by atoms with van der Waals surface area (Å²) in [6.07, 6.45) is -3.90. The van der Waals surface area contributed by atoms with Gasteiger partial charge in [-0.1, -0.05) is 36.7 Å². The van der Waals surface area contributed by atoms with E-state index < -0.39 is 35.5 Å². The summed E-state index contributed by atoms with van der Waals surface area (Å²) in [6.45, 7) is 6.98. The van der Waals surface area contributed by atoms with Gasteiger partial charge in [0.05, 0.1) is 28.8 Å². The first-order valence-electron chi connectivity index (χ1n) is 20.5. The largest absolute Gasteiger partial charge is 0.464 e. The highest BCUT2D eigenvalue weighted by molar-refractivity contribution is 6.33. The van der Waals surface area contributed by atoms with Crippen LogP contribution >= 0.6 is 11.6 Å². The normalized spacial score (nSPS) is 20.3. The zero-order valence-electron chi connectivity index (χ0n) is 33.4. The minimum atomic E-state index is -4.80. The lowest BCUT2D eigenvalue weighted by molar-refractivity contribution is -0.148. The number of aliphatic hydroxyl groups is 1. The highest BCUT2D eigenvalue weighted by Gasteiger charge is 2.40.